The van der Waals surface area contributed by atoms with Gasteiger partial charge in [0.05, 0.1) is 6.61 Å². The molecule has 0 spiro atoms. The Morgan fingerprint density at radius 2 is 2.07 bits per heavy atom. The molecule has 3 N–H and O–H groups in total. The van der Waals surface area contributed by atoms with E-state index >= 15 is 0 Å². The monoisotopic (exact) mass is 194 g/mol. The number of likely N-dealkylation sites (N-methyl/N-ethyl adjacent to an activating group) is 1. The van der Waals surface area contributed by atoms with Crippen LogP contribution in [0.25, 0.3) is 0 Å². The molecule has 0 heterocycles. The van der Waals surface area contributed by atoms with Crippen molar-refractivity contribution in [3.05, 3.63) is 30.3 Å². The Morgan fingerprint density at radius 3 is 2.57 bits per heavy atom. The largest absolute Gasteiger partial charge is 0.394 e. The number of rotatable bonds is 3. The van der Waals surface area contributed by atoms with Crippen molar-refractivity contribution in [2.45, 2.75) is 6.04 Å². The van der Waals surface area contributed by atoms with Crippen LogP contribution in [0.1, 0.15) is 0 Å². The third kappa shape index (κ3) is 2.31. The minimum Gasteiger partial charge on any atom is -0.394 e. The molecule has 0 fully saturated rings. The van der Waals surface area contributed by atoms with Crippen molar-refractivity contribution in [3.63, 3.8) is 0 Å². The second-order valence-corrected chi connectivity index (χ2v) is 3.02. The number of nitrogens with zero attached hydrogens (tertiary/aromatic N) is 1. The van der Waals surface area contributed by atoms with E-state index in [4.69, 9.17) is 10.8 Å². The number of carbonyl (C=O) groups excluding carboxylic acids is 1. The van der Waals surface area contributed by atoms with Crippen LogP contribution in [0.15, 0.2) is 30.3 Å². The molecular formula is C10H14N2O2. The minimum atomic E-state index is -0.847. The number of aliphatic hydroxyl groups excluding tert-OH is 1. The number of amides is 1. The molecule has 0 saturated carbocycles. The molecule has 0 bridgehead atoms. The average Bonchev–Trinajstić information content (AvgIpc) is 2.27. The highest BCUT2D eigenvalue weighted by Crippen LogP contribution is 2.11. The van der Waals surface area contributed by atoms with E-state index in [1.807, 2.05) is 30.3 Å². The lowest BCUT2D eigenvalue weighted by Gasteiger charge is -2.20. The van der Waals surface area contributed by atoms with E-state index in [0.29, 0.717) is 0 Å². The summed E-state index contributed by atoms with van der Waals surface area (Å²) in [6.45, 7) is -0.337. The molecule has 1 aromatic rings. The summed E-state index contributed by atoms with van der Waals surface area (Å²) in [5.74, 6) is -0.293. The number of hydrogen-bond acceptors (Lipinski definition) is 3. The van der Waals surface area contributed by atoms with Crippen LogP contribution in [0.2, 0.25) is 0 Å². The second kappa shape index (κ2) is 4.74. The number of carbonyl (C=O) groups is 1. The summed E-state index contributed by atoms with van der Waals surface area (Å²) < 4.78 is 0. The van der Waals surface area contributed by atoms with E-state index in [2.05, 4.69) is 0 Å². The molecule has 4 heteroatoms. The van der Waals surface area contributed by atoms with Crippen molar-refractivity contribution < 1.29 is 9.90 Å². The van der Waals surface area contributed by atoms with Crippen LogP contribution in [-0.2, 0) is 4.79 Å². The molecule has 1 atom stereocenters. The van der Waals surface area contributed by atoms with Gasteiger partial charge in [0.25, 0.3) is 0 Å². The van der Waals surface area contributed by atoms with Crippen LogP contribution in [0.5, 0.6) is 0 Å². The zero-order chi connectivity index (χ0) is 10.6. The Morgan fingerprint density at radius 1 is 1.50 bits per heavy atom. The lowest BCUT2D eigenvalue weighted by molar-refractivity contribution is -0.120. The minimum absolute atomic E-state index is 0.293. The Labute approximate surface area is 82.9 Å². The van der Waals surface area contributed by atoms with Crippen molar-refractivity contribution in [3.8, 4) is 0 Å². The summed E-state index contributed by atoms with van der Waals surface area (Å²) in [5.41, 5.74) is 6.18. The van der Waals surface area contributed by atoms with Crippen LogP contribution in [-0.4, -0.2) is 30.7 Å². The van der Waals surface area contributed by atoms with Crippen LogP contribution in [0, 0.1) is 0 Å². The van der Waals surface area contributed by atoms with Gasteiger partial charge in [0.15, 0.2) is 0 Å². The fourth-order valence-corrected chi connectivity index (χ4v) is 1.11. The van der Waals surface area contributed by atoms with E-state index < -0.39 is 6.04 Å². The summed E-state index contributed by atoms with van der Waals surface area (Å²) in [6.07, 6.45) is 0. The number of benzene rings is 1. The summed E-state index contributed by atoms with van der Waals surface area (Å²) in [4.78, 5) is 12.9. The van der Waals surface area contributed by atoms with Gasteiger partial charge in [-0.3, -0.25) is 4.79 Å². The highest BCUT2D eigenvalue weighted by atomic mass is 16.3. The summed E-state index contributed by atoms with van der Waals surface area (Å²) in [5, 5.41) is 8.73. The molecule has 0 radical (unpaired) electrons. The number of aliphatic hydroxyl groups is 1. The Hall–Kier alpha value is -1.39. The second-order valence-electron chi connectivity index (χ2n) is 3.02. The van der Waals surface area contributed by atoms with Gasteiger partial charge in [0, 0.05) is 12.7 Å². The molecule has 1 rings (SSSR count). The Balaban J connectivity index is 2.76. The van der Waals surface area contributed by atoms with Gasteiger partial charge in [-0.25, -0.2) is 0 Å². The quantitative estimate of drug-likeness (QED) is 0.710. The van der Waals surface area contributed by atoms with Crippen LogP contribution in [0.3, 0.4) is 0 Å². The van der Waals surface area contributed by atoms with Crippen LogP contribution < -0.4 is 10.6 Å². The van der Waals surface area contributed by atoms with Gasteiger partial charge in [-0.15, -0.1) is 0 Å². The SMILES string of the molecule is CN(C(=O)C(N)CO)c1ccccc1. The topological polar surface area (TPSA) is 66.6 Å². The average molecular weight is 194 g/mol. The molecule has 0 aromatic heterocycles. The Bertz CT molecular complexity index is 300. The lowest BCUT2D eigenvalue weighted by atomic mass is 10.2. The molecule has 0 aliphatic carbocycles. The van der Waals surface area contributed by atoms with Crippen molar-refractivity contribution >= 4 is 11.6 Å². The standard InChI is InChI=1S/C10H14N2O2/c1-12(10(14)9(11)7-13)8-5-3-2-4-6-8/h2-6,9,13H,7,11H2,1H3. The van der Waals surface area contributed by atoms with Crippen LogP contribution in [0.4, 0.5) is 5.69 Å². The predicted octanol–water partition coefficient (Wildman–Crippen LogP) is -0.0310. The van der Waals surface area contributed by atoms with Gasteiger partial charge >= 0.3 is 0 Å². The maximum Gasteiger partial charge on any atom is 0.246 e. The van der Waals surface area contributed by atoms with E-state index in [-0.39, 0.29) is 12.5 Å². The van der Waals surface area contributed by atoms with Gasteiger partial charge in [-0.05, 0) is 12.1 Å². The van der Waals surface area contributed by atoms with Gasteiger partial charge < -0.3 is 15.7 Å². The predicted molar refractivity (Wildman–Crippen MR) is 54.9 cm³/mol. The smallest absolute Gasteiger partial charge is 0.246 e. The van der Waals surface area contributed by atoms with Gasteiger partial charge in [-0.2, -0.15) is 0 Å². The highest BCUT2D eigenvalue weighted by Gasteiger charge is 2.17. The first kappa shape index (κ1) is 10.7. The number of nitrogens with two attached hydrogens (primary N) is 1. The van der Waals surface area contributed by atoms with Gasteiger partial charge in [0.2, 0.25) is 5.91 Å². The van der Waals surface area contributed by atoms with E-state index in [1.165, 1.54) is 4.90 Å². The first-order valence-electron chi connectivity index (χ1n) is 4.36. The molecule has 0 aliphatic rings. The first-order chi connectivity index (χ1) is 6.66. The van der Waals surface area contributed by atoms with Crippen molar-refractivity contribution in [1.29, 1.82) is 0 Å². The normalized spacial score (nSPS) is 12.2. The van der Waals surface area contributed by atoms with Crippen molar-refractivity contribution in [2.75, 3.05) is 18.6 Å². The fourth-order valence-electron chi connectivity index (χ4n) is 1.11. The molecule has 1 amide bonds. The highest BCUT2D eigenvalue weighted by molar-refractivity contribution is 5.96. The molecule has 4 nitrogen and oxygen atoms in total. The summed E-state index contributed by atoms with van der Waals surface area (Å²) in [7, 11) is 1.63. The number of hydrogen-bond donors (Lipinski definition) is 2. The van der Waals surface area contributed by atoms with Crippen LogP contribution >= 0.6 is 0 Å². The molecule has 0 aliphatic heterocycles. The molecule has 1 aromatic carbocycles. The molecule has 76 valence electrons. The zero-order valence-electron chi connectivity index (χ0n) is 8.05. The summed E-state index contributed by atoms with van der Waals surface area (Å²) >= 11 is 0. The first-order valence-corrected chi connectivity index (χ1v) is 4.36. The molecular weight excluding hydrogens is 180 g/mol. The fraction of sp³-hybridized carbons (Fsp3) is 0.300. The molecule has 0 saturated heterocycles. The zero-order valence-corrected chi connectivity index (χ0v) is 8.05. The van der Waals surface area contributed by atoms with Crippen molar-refractivity contribution in [1.82, 2.24) is 0 Å². The molecule has 1 unspecified atom stereocenters. The van der Waals surface area contributed by atoms with Gasteiger partial charge in [0.1, 0.15) is 6.04 Å². The Kier molecular flexibility index (Phi) is 3.62. The number of para-hydroxylation sites is 1. The third-order valence-electron chi connectivity index (χ3n) is 1.99. The summed E-state index contributed by atoms with van der Waals surface area (Å²) in [6, 6.07) is 8.31. The van der Waals surface area contributed by atoms with E-state index in [0.717, 1.165) is 5.69 Å². The van der Waals surface area contributed by atoms with E-state index in [1.54, 1.807) is 7.05 Å². The van der Waals surface area contributed by atoms with Gasteiger partial charge in [-0.1, -0.05) is 18.2 Å². The van der Waals surface area contributed by atoms with Crippen molar-refractivity contribution in [2.24, 2.45) is 5.73 Å². The molecule has 14 heavy (non-hydrogen) atoms. The number of anilines is 1. The van der Waals surface area contributed by atoms with E-state index in [9.17, 15) is 4.79 Å². The lowest BCUT2D eigenvalue weighted by Crippen LogP contribution is -2.44. The maximum absolute atomic E-state index is 11.5. The maximum atomic E-state index is 11.5. The third-order valence-corrected chi connectivity index (χ3v) is 1.99.